The highest BCUT2D eigenvalue weighted by Crippen LogP contribution is 2.25. The molecule has 0 aromatic heterocycles. The zero-order chi connectivity index (χ0) is 14.9. The second-order valence-corrected chi connectivity index (χ2v) is 5.13. The summed E-state index contributed by atoms with van der Waals surface area (Å²) in [5, 5.41) is 2.58. The van der Waals surface area contributed by atoms with Crippen molar-refractivity contribution >= 4 is 41.5 Å². The predicted molar refractivity (Wildman–Crippen MR) is 81.2 cm³/mol. The first kappa shape index (κ1) is 17.7. The molecule has 1 aliphatic heterocycles. The lowest BCUT2D eigenvalue weighted by Gasteiger charge is -2.18. The number of halogens is 3. The number of nitrogens with one attached hydrogen (secondary N) is 1. The van der Waals surface area contributed by atoms with E-state index in [0.717, 1.165) is 0 Å². The van der Waals surface area contributed by atoms with Crippen LogP contribution >= 0.6 is 24.0 Å². The minimum Gasteiger partial charge on any atom is -0.343 e. The van der Waals surface area contributed by atoms with Crippen molar-refractivity contribution in [1.29, 1.82) is 0 Å². The number of carbonyl (C=O) groups excluding carboxylic acids is 2. The molecule has 2 amide bonds. The number of hydrogen-bond donors (Lipinski definition) is 2. The van der Waals surface area contributed by atoms with Crippen molar-refractivity contribution in [1.82, 2.24) is 5.32 Å². The molecule has 21 heavy (non-hydrogen) atoms. The summed E-state index contributed by atoms with van der Waals surface area (Å²) in [7, 11) is 0. The van der Waals surface area contributed by atoms with Crippen LogP contribution < -0.4 is 16.0 Å². The summed E-state index contributed by atoms with van der Waals surface area (Å²) in [4.78, 5) is 25.1. The Labute approximate surface area is 133 Å². The number of hydrogen-bond acceptors (Lipinski definition) is 3. The van der Waals surface area contributed by atoms with Gasteiger partial charge in [0.15, 0.2) is 0 Å². The third-order valence-corrected chi connectivity index (χ3v) is 3.46. The maximum absolute atomic E-state index is 13.4. The van der Waals surface area contributed by atoms with Crippen molar-refractivity contribution in [2.24, 2.45) is 5.73 Å². The fourth-order valence-electron chi connectivity index (χ4n) is 2.03. The average molecular weight is 336 g/mol. The van der Waals surface area contributed by atoms with E-state index in [9.17, 15) is 14.0 Å². The van der Waals surface area contributed by atoms with Gasteiger partial charge >= 0.3 is 0 Å². The molecule has 2 rings (SSSR count). The lowest BCUT2D eigenvalue weighted by molar-refractivity contribution is -0.127. The molecule has 0 radical (unpaired) electrons. The maximum atomic E-state index is 13.4. The highest BCUT2D eigenvalue weighted by Gasteiger charge is 2.34. The molecular formula is C13H16Cl2FN3O2. The molecule has 5 nitrogen and oxygen atoms in total. The standard InChI is InChI=1S/C13H15ClFN3O2.ClH/c1-7(16)12(19)17-11-4-5-18(13(11)20)8-2-3-9(14)10(15)6-8;/h2-3,6-7,11H,4-5,16H2,1H3,(H,17,19);1H/t7-,11?;/m1./s1. The maximum Gasteiger partial charge on any atom is 0.249 e. The molecule has 2 atom stereocenters. The largest absolute Gasteiger partial charge is 0.343 e. The van der Waals surface area contributed by atoms with E-state index in [2.05, 4.69) is 5.32 Å². The number of nitrogens with two attached hydrogens (primary N) is 1. The number of carbonyl (C=O) groups is 2. The summed E-state index contributed by atoms with van der Waals surface area (Å²) >= 11 is 5.61. The molecular weight excluding hydrogens is 320 g/mol. The van der Waals surface area contributed by atoms with Crippen LogP contribution in [0.3, 0.4) is 0 Å². The summed E-state index contributed by atoms with van der Waals surface area (Å²) in [5.41, 5.74) is 5.87. The average Bonchev–Trinajstić information content (AvgIpc) is 2.74. The molecule has 116 valence electrons. The van der Waals surface area contributed by atoms with Gasteiger partial charge in [-0.2, -0.15) is 0 Å². The smallest absolute Gasteiger partial charge is 0.249 e. The lowest BCUT2D eigenvalue weighted by Crippen LogP contribution is -2.47. The Hall–Kier alpha value is -1.37. The molecule has 3 N–H and O–H groups in total. The van der Waals surface area contributed by atoms with Crippen molar-refractivity contribution in [3.8, 4) is 0 Å². The minimum absolute atomic E-state index is 0. The topological polar surface area (TPSA) is 75.4 Å². The molecule has 1 fully saturated rings. The summed E-state index contributed by atoms with van der Waals surface area (Å²) in [6.07, 6.45) is 0.460. The highest BCUT2D eigenvalue weighted by atomic mass is 35.5. The Bertz CT molecular complexity index is 554. The van der Waals surface area contributed by atoms with Gasteiger partial charge in [0, 0.05) is 12.2 Å². The molecule has 1 heterocycles. The second-order valence-electron chi connectivity index (χ2n) is 4.73. The number of benzene rings is 1. The Morgan fingerprint density at radius 3 is 2.81 bits per heavy atom. The Balaban J connectivity index is 0.00000220. The van der Waals surface area contributed by atoms with Gasteiger partial charge in [-0.3, -0.25) is 9.59 Å². The van der Waals surface area contributed by atoms with Gasteiger partial charge in [-0.15, -0.1) is 12.4 Å². The van der Waals surface area contributed by atoms with Crippen molar-refractivity contribution in [3.63, 3.8) is 0 Å². The summed E-state index contributed by atoms with van der Waals surface area (Å²) in [5.74, 6) is -1.24. The lowest BCUT2D eigenvalue weighted by atomic mass is 10.2. The van der Waals surface area contributed by atoms with Crippen LogP contribution in [0.25, 0.3) is 0 Å². The molecule has 0 bridgehead atoms. The zero-order valence-corrected chi connectivity index (χ0v) is 12.9. The third kappa shape index (κ3) is 3.84. The quantitative estimate of drug-likeness (QED) is 0.878. The van der Waals surface area contributed by atoms with Crippen molar-refractivity contribution in [3.05, 3.63) is 29.0 Å². The van der Waals surface area contributed by atoms with E-state index in [-0.39, 0.29) is 29.2 Å². The molecule has 1 unspecified atom stereocenters. The first-order valence-corrected chi connectivity index (χ1v) is 6.60. The highest BCUT2D eigenvalue weighted by molar-refractivity contribution is 6.30. The molecule has 0 spiro atoms. The van der Waals surface area contributed by atoms with Gasteiger partial charge in [-0.25, -0.2) is 4.39 Å². The Morgan fingerprint density at radius 2 is 2.24 bits per heavy atom. The fraction of sp³-hybridized carbons (Fsp3) is 0.385. The Morgan fingerprint density at radius 1 is 1.57 bits per heavy atom. The molecule has 1 aliphatic rings. The molecule has 1 saturated heterocycles. The van der Waals surface area contributed by atoms with Gasteiger partial charge in [0.05, 0.1) is 11.1 Å². The van der Waals surface area contributed by atoms with E-state index in [1.807, 2.05) is 0 Å². The number of rotatable bonds is 3. The van der Waals surface area contributed by atoms with E-state index in [4.69, 9.17) is 17.3 Å². The van der Waals surface area contributed by atoms with Crippen LogP contribution in [-0.2, 0) is 9.59 Å². The third-order valence-electron chi connectivity index (χ3n) is 3.15. The molecule has 0 saturated carbocycles. The van der Waals surface area contributed by atoms with Crippen molar-refractivity contribution in [2.45, 2.75) is 25.4 Å². The SMILES string of the molecule is C[C@@H](N)C(=O)NC1CCN(c2ccc(Cl)c(F)c2)C1=O.Cl. The van der Waals surface area contributed by atoms with Crippen LogP contribution in [0.15, 0.2) is 18.2 Å². The van der Waals surface area contributed by atoms with Gasteiger partial charge in [-0.1, -0.05) is 11.6 Å². The predicted octanol–water partition coefficient (Wildman–Crippen LogP) is 1.47. The first-order valence-electron chi connectivity index (χ1n) is 6.22. The number of amides is 2. The second kappa shape index (κ2) is 7.06. The van der Waals surface area contributed by atoms with Crippen LogP contribution in [0.4, 0.5) is 10.1 Å². The molecule has 8 heteroatoms. The van der Waals surface area contributed by atoms with E-state index >= 15 is 0 Å². The minimum atomic E-state index is -0.676. The van der Waals surface area contributed by atoms with Crippen LogP contribution in [0.2, 0.25) is 5.02 Å². The van der Waals surface area contributed by atoms with E-state index < -0.39 is 17.9 Å². The van der Waals surface area contributed by atoms with Crippen LogP contribution in [-0.4, -0.2) is 30.4 Å². The van der Waals surface area contributed by atoms with Crippen molar-refractivity contribution in [2.75, 3.05) is 11.4 Å². The monoisotopic (exact) mass is 335 g/mol. The normalized spacial score (nSPS) is 19.1. The van der Waals surface area contributed by atoms with Gasteiger partial charge < -0.3 is 16.0 Å². The van der Waals surface area contributed by atoms with E-state index in [1.54, 1.807) is 13.0 Å². The van der Waals surface area contributed by atoms with Crippen molar-refractivity contribution < 1.29 is 14.0 Å². The Kier molecular flexibility index (Phi) is 5.95. The molecule has 0 aliphatic carbocycles. The molecule has 1 aromatic rings. The van der Waals surface area contributed by atoms with Crippen LogP contribution in [0.5, 0.6) is 0 Å². The summed E-state index contributed by atoms with van der Waals surface area (Å²) in [6, 6.07) is 2.87. The number of anilines is 1. The van der Waals surface area contributed by atoms with Gasteiger partial charge in [0.1, 0.15) is 11.9 Å². The summed E-state index contributed by atoms with van der Waals surface area (Å²) < 4.78 is 13.4. The molecule has 1 aromatic carbocycles. The first-order chi connectivity index (χ1) is 9.40. The number of nitrogens with zero attached hydrogens (tertiary/aromatic N) is 1. The fourth-order valence-corrected chi connectivity index (χ4v) is 2.14. The van der Waals surface area contributed by atoms with E-state index in [0.29, 0.717) is 18.7 Å². The zero-order valence-electron chi connectivity index (χ0n) is 11.3. The van der Waals surface area contributed by atoms with Gasteiger partial charge in [0.25, 0.3) is 0 Å². The van der Waals surface area contributed by atoms with Crippen LogP contribution in [0.1, 0.15) is 13.3 Å². The van der Waals surface area contributed by atoms with Gasteiger partial charge in [-0.05, 0) is 31.5 Å². The van der Waals surface area contributed by atoms with E-state index in [1.165, 1.54) is 17.0 Å². The summed E-state index contributed by atoms with van der Waals surface area (Å²) in [6.45, 7) is 1.95. The van der Waals surface area contributed by atoms with Gasteiger partial charge in [0.2, 0.25) is 11.8 Å². The van der Waals surface area contributed by atoms with Crippen LogP contribution in [0, 0.1) is 5.82 Å².